The molecule has 162 valence electrons. The highest BCUT2D eigenvalue weighted by atomic mass is 79.9. The molecule has 3 aromatic rings. The van der Waals surface area contributed by atoms with Crippen molar-refractivity contribution in [2.24, 2.45) is 0 Å². The molecular formula is C24H26BrN3O3. The minimum atomic E-state index is -0.0885. The van der Waals surface area contributed by atoms with E-state index < -0.39 is 0 Å². The van der Waals surface area contributed by atoms with Crippen LogP contribution < -0.4 is 5.32 Å². The molecule has 1 amide bonds. The summed E-state index contributed by atoms with van der Waals surface area (Å²) in [6.07, 6.45) is 3.46. The molecular weight excluding hydrogens is 458 g/mol. The average molecular weight is 484 g/mol. The second-order valence-electron chi connectivity index (χ2n) is 7.90. The van der Waals surface area contributed by atoms with E-state index >= 15 is 0 Å². The van der Waals surface area contributed by atoms with E-state index in [9.17, 15) is 4.79 Å². The van der Waals surface area contributed by atoms with Crippen molar-refractivity contribution in [1.29, 1.82) is 0 Å². The third kappa shape index (κ3) is 5.60. The first-order chi connectivity index (χ1) is 15.1. The lowest BCUT2D eigenvalue weighted by Gasteiger charge is -2.38. The van der Waals surface area contributed by atoms with Gasteiger partial charge in [0.25, 0.3) is 0 Å². The van der Waals surface area contributed by atoms with Crippen molar-refractivity contribution in [3.05, 3.63) is 70.5 Å². The summed E-state index contributed by atoms with van der Waals surface area (Å²) in [5.74, 6) is 1.11. The van der Waals surface area contributed by atoms with Crippen molar-refractivity contribution < 1.29 is 13.9 Å². The molecule has 2 aromatic carbocycles. The van der Waals surface area contributed by atoms with Crippen molar-refractivity contribution in [1.82, 2.24) is 15.5 Å². The number of ether oxygens (including phenoxy) is 1. The molecule has 1 fully saturated rings. The van der Waals surface area contributed by atoms with Gasteiger partial charge in [0.05, 0.1) is 0 Å². The van der Waals surface area contributed by atoms with Gasteiger partial charge in [0, 0.05) is 48.1 Å². The molecule has 1 aliphatic rings. The molecule has 31 heavy (non-hydrogen) atoms. The van der Waals surface area contributed by atoms with Crippen molar-refractivity contribution in [3.8, 4) is 11.5 Å². The first kappa shape index (κ1) is 21.7. The largest absolute Gasteiger partial charge is 0.421 e. The summed E-state index contributed by atoms with van der Waals surface area (Å²) in [4.78, 5) is 12.5. The van der Waals surface area contributed by atoms with E-state index in [1.807, 2.05) is 42.5 Å². The molecule has 0 radical (unpaired) electrons. The van der Waals surface area contributed by atoms with Gasteiger partial charge in [0.15, 0.2) is 0 Å². The molecule has 7 heteroatoms. The highest BCUT2D eigenvalue weighted by Crippen LogP contribution is 2.35. The third-order valence-electron chi connectivity index (χ3n) is 5.79. The Morgan fingerprint density at radius 1 is 1.06 bits per heavy atom. The van der Waals surface area contributed by atoms with Gasteiger partial charge in [0.2, 0.25) is 17.7 Å². The number of nitrogens with one attached hydrogen (secondary N) is 1. The highest BCUT2D eigenvalue weighted by molar-refractivity contribution is 9.10. The Hall–Kier alpha value is -2.51. The zero-order valence-electron chi connectivity index (χ0n) is 17.4. The van der Waals surface area contributed by atoms with E-state index in [0.717, 1.165) is 22.9 Å². The molecule has 0 unspecified atom stereocenters. The van der Waals surface area contributed by atoms with Gasteiger partial charge in [-0.25, -0.2) is 0 Å². The Bertz CT molecular complexity index is 1000. The Morgan fingerprint density at radius 2 is 1.87 bits per heavy atom. The van der Waals surface area contributed by atoms with Crippen LogP contribution in [0.5, 0.6) is 0 Å². The number of carbonyl (C=O) groups is 1. The Morgan fingerprint density at radius 3 is 2.65 bits per heavy atom. The second kappa shape index (κ2) is 10.2. The topological polar surface area (TPSA) is 77.2 Å². The number of halogens is 1. The molecule has 1 aliphatic heterocycles. The standard InChI is InChI=1S/C24H26BrN3O3/c25-20-9-4-8-19(16-20)24(12-14-30-15-13-24)17-26-21(29)10-5-11-22-27-28-23(31-22)18-6-2-1-3-7-18/h1-4,6-9,16H,5,10-15,17H2,(H,26,29). The van der Waals surface area contributed by atoms with Gasteiger partial charge < -0.3 is 14.5 Å². The fourth-order valence-electron chi connectivity index (χ4n) is 3.96. The van der Waals surface area contributed by atoms with Gasteiger partial charge in [0.1, 0.15) is 0 Å². The molecule has 1 saturated heterocycles. The fourth-order valence-corrected chi connectivity index (χ4v) is 4.36. The second-order valence-corrected chi connectivity index (χ2v) is 8.82. The summed E-state index contributed by atoms with van der Waals surface area (Å²) in [7, 11) is 0. The summed E-state index contributed by atoms with van der Waals surface area (Å²) in [5.41, 5.74) is 2.05. The first-order valence-corrected chi connectivity index (χ1v) is 11.4. The van der Waals surface area contributed by atoms with Crippen LogP contribution in [0.1, 0.15) is 37.1 Å². The van der Waals surface area contributed by atoms with Crippen molar-refractivity contribution in [3.63, 3.8) is 0 Å². The fraction of sp³-hybridized carbons (Fsp3) is 0.375. The van der Waals surface area contributed by atoms with E-state index in [0.29, 0.717) is 50.8 Å². The number of amides is 1. The third-order valence-corrected chi connectivity index (χ3v) is 6.29. The Labute approximate surface area is 190 Å². The molecule has 4 rings (SSSR count). The maximum Gasteiger partial charge on any atom is 0.247 e. The quantitative estimate of drug-likeness (QED) is 0.502. The number of nitrogens with zero attached hydrogens (tertiary/aromatic N) is 2. The van der Waals surface area contributed by atoms with Crippen LogP contribution in [-0.4, -0.2) is 35.9 Å². The minimum Gasteiger partial charge on any atom is -0.421 e. The van der Waals surface area contributed by atoms with Gasteiger partial charge in [-0.05, 0) is 49.1 Å². The van der Waals surface area contributed by atoms with Crippen LogP contribution in [0.25, 0.3) is 11.5 Å². The maximum atomic E-state index is 12.5. The van der Waals surface area contributed by atoms with Crippen LogP contribution in [0, 0.1) is 0 Å². The number of rotatable bonds is 8. The molecule has 0 spiro atoms. The molecule has 1 aromatic heterocycles. The predicted octanol–water partition coefficient (Wildman–Crippen LogP) is 4.69. The van der Waals surface area contributed by atoms with Crippen LogP contribution in [-0.2, 0) is 21.4 Å². The molecule has 6 nitrogen and oxygen atoms in total. The summed E-state index contributed by atoms with van der Waals surface area (Å²) < 4.78 is 12.4. The maximum absolute atomic E-state index is 12.5. The van der Waals surface area contributed by atoms with Crippen molar-refractivity contribution >= 4 is 21.8 Å². The lowest BCUT2D eigenvalue weighted by atomic mass is 9.74. The molecule has 0 bridgehead atoms. The summed E-state index contributed by atoms with van der Waals surface area (Å²) in [6, 6.07) is 18.0. The lowest BCUT2D eigenvalue weighted by molar-refractivity contribution is -0.121. The number of hydrogen-bond acceptors (Lipinski definition) is 5. The van der Waals surface area contributed by atoms with Crippen LogP contribution in [0.3, 0.4) is 0 Å². The smallest absolute Gasteiger partial charge is 0.247 e. The monoisotopic (exact) mass is 483 g/mol. The van der Waals surface area contributed by atoms with Crippen LogP contribution in [0.15, 0.2) is 63.5 Å². The van der Waals surface area contributed by atoms with Gasteiger partial charge in [-0.1, -0.05) is 46.3 Å². The zero-order valence-corrected chi connectivity index (χ0v) is 18.9. The number of carbonyl (C=O) groups excluding carboxylic acids is 1. The molecule has 0 aliphatic carbocycles. The summed E-state index contributed by atoms with van der Waals surface area (Å²) in [6.45, 7) is 2.04. The number of benzene rings is 2. The Balaban J connectivity index is 1.29. The van der Waals surface area contributed by atoms with Crippen LogP contribution >= 0.6 is 15.9 Å². The summed E-state index contributed by atoms with van der Waals surface area (Å²) in [5, 5.41) is 11.4. The SMILES string of the molecule is O=C(CCCc1nnc(-c2ccccc2)o1)NCC1(c2cccc(Br)c2)CCOCC1. The zero-order chi connectivity index (χ0) is 21.5. The number of aryl methyl sites for hydroxylation is 1. The van der Waals surface area contributed by atoms with E-state index in [1.54, 1.807) is 0 Å². The first-order valence-electron chi connectivity index (χ1n) is 10.6. The van der Waals surface area contributed by atoms with Gasteiger partial charge in [-0.15, -0.1) is 10.2 Å². The van der Waals surface area contributed by atoms with E-state index in [-0.39, 0.29) is 11.3 Å². The molecule has 1 N–H and O–H groups in total. The normalized spacial score (nSPS) is 15.5. The molecule has 0 saturated carbocycles. The van der Waals surface area contributed by atoms with Crippen molar-refractivity contribution in [2.45, 2.75) is 37.5 Å². The van der Waals surface area contributed by atoms with E-state index in [4.69, 9.17) is 9.15 Å². The lowest BCUT2D eigenvalue weighted by Crippen LogP contribution is -2.44. The summed E-state index contributed by atoms with van der Waals surface area (Å²) >= 11 is 3.57. The van der Waals surface area contributed by atoms with Gasteiger partial charge in [-0.2, -0.15) is 0 Å². The number of aromatic nitrogens is 2. The highest BCUT2D eigenvalue weighted by Gasteiger charge is 2.34. The Kier molecular flexibility index (Phi) is 7.14. The number of hydrogen-bond donors (Lipinski definition) is 1. The van der Waals surface area contributed by atoms with Gasteiger partial charge >= 0.3 is 0 Å². The molecule has 0 atom stereocenters. The van der Waals surface area contributed by atoms with E-state index in [1.165, 1.54) is 5.56 Å². The van der Waals surface area contributed by atoms with Crippen LogP contribution in [0.4, 0.5) is 0 Å². The van der Waals surface area contributed by atoms with Crippen molar-refractivity contribution in [2.75, 3.05) is 19.8 Å². The molecule has 2 heterocycles. The average Bonchev–Trinajstić information content (AvgIpc) is 3.28. The predicted molar refractivity (Wildman–Crippen MR) is 122 cm³/mol. The minimum absolute atomic E-state index is 0.0451. The van der Waals surface area contributed by atoms with E-state index in [2.05, 4.69) is 43.6 Å². The van der Waals surface area contributed by atoms with Crippen LogP contribution in [0.2, 0.25) is 0 Å². The van der Waals surface area contributed by atoms with Gasteiger partial charge in [-0.3, -0.25) is 4.79 Å².